The molecule has 0 bridgehead atoms. The van der Waals surface area contributed by atoms with Crippen LogP contribution in [-0.2, 0) is 14.8 Å². The highest BCUT2D eigenvalue weighted by Gasteiger charge is 2.23. The third kappa shape index (κ3) is 3.92. The molecule has 0 fully saturated rings. The fourth-order valence-corrected chi connectivity index (χ4v) is 3.89. The van der Waals surface area contributed by atoms with E-state index in [-0.39, 0.29) is 21.8 Å². The Kier molecular flexibility index (Phi) is 5.66. The van der Waals surface area contributed by atoms with Crippen LogP contribution in [0.3, 0.4) is 0 Å². The number of carbonyl (C=O) groups excluding carboxylic acids is 1. The smallest absolute Gasteiger partial charge is 0.357 e. The van der Waals surface area contributed by atoms with Crippen molar-refractivity contribution in [3.63, 3.8) is 0 Å². The van der Waals surface area contributed by atoms with Crippen molar-refractivity contribution < 1.29 is 22.7 Å². The van der Waals surface area contributed by atoms with Gasteiger partial charge in [0.05, 0.1) is 30.4 Å². The number of carbonyl (C=O) groups is 1. The van der Waals surface area contributed by atoms with E-state index in [1.54, 1.807) is 30.3 Å². The molecule has 2 aromatic carbocycles. The van der Waals surface area contributed by atoms with Crippen LogP contribution in [-0.4, -0.2) is 33.2 Å². The number of benzene rings is 2. The van der Waals surface area contributed by atoms with E-state index in [1.807, 2.05) is 6.07 Å². The summed E-state index contributed by atoms with van der Waals surface area (Å²) in [5.41, 5.74) is 6.53. The first-order valence-corrected chi connectivity index (χ1v) is 10.1. The number of ether oxygens (including phenoxy) is 2. The number of esters is 1. The molecule has 9 nitrogen and oxygen atoms in total. The van der Waals surface area contributed by atoms with Gasteiger partial charge in [-0.15, -0.1) is 0 Å². The monoisotopic (exact) mass is 426 g/mol. The van der Waals surface area contributed by atoms with Crippen LogP contribution in [0.2, 0.25) is 0 Å². The second-order valence-corrected chi connectivity index (χ2v) is 7.79. The van der Waals surface area contributed by atoms with Crippen molar-refractivity contribution in [2.24, 2.45) is 0 Å². The zero-order valence-corrected chi connectivity index (χ0v) is 16.9. The summed E-state index contributed by atoms with van der Waals surface area (Å²) in [6.45, 7) is 0. The molecule has 3 aromatic rings. The molecule has 0 atom stereocenters. The van der Waals surface area contributed by atoms with Crippen molar-refractivity contribution in [3.8, 4) is 17.5 Å². The summed E-state index contributed by atoms with van der Waals surface area (Å²) < 4.78 is 39.3. The van der Waals surface area contributed by atoms with Gasteiger partial charge in [0.1, 0.15) is 11.8 Å². The number of anilines is 2. The Balaban J connectivity index is 2.02. The van der Waals surface area contributed by atoms with Crippen LogP contribution in [0, 0.1) is 11.3 Å². The lowest BCUT2D eigenvalue weighted by atomic mass is 10.2. The van der Waals surface area contributed by atoms with Crippen molar-refractivity contribution in [2.45, 2.75) is 4.90 Å². The maximum absolute atomic E-state index is 12.8. The van der Waals surface area contributed by atoms with E-state index >= 15 is 0 Å². The molecule has 0 aliphatic heterocycles. The molecule has 0 radical (unpaired) electrons. The van der Waals surface area contributed by atoms with Crippen LogP contribution in [0.15, 0.2) is 59.6 Å². The largest absolute Gasteiger partial charge is 0.497 e. The van der Waals surface area contributed by atoms with Gasteiger partial charge in [-0.3, -0.25) is 4.72 Å². The van der Waals surface area contributed by atoms with Gasteiger partial charge in [0.2, 0.25) is 0 Å². The standard InChI is InChI=1S/C20H18N4O5S/c1-28-16-8-6-14(7-9-16)23-30(26,27)17-5-3-4-15(10-17)24-12-13(11-21)18(22)19(24)20(25)29-2/h3-10,12,23H,22H2,1-2H3. The van der Waals surface area contributed by atoms with E-state index in [4.69, 9.17) is 15.2 Å². The first kappa shape index (κ1) is 20.8. The number of sulfonamides is 1. The van der Waals surface area contributed by atoms with Gasteiger partial charge in [0.25, 0.3) is 10.0 Å². The molecule has 0 aliphatic carbocycles. The number of nitrogens with zero attached hydrogens (tertiary/aromatic N) is 2. The minimum atomic E-state index is -3.93. The van der Waals surface area contributed by atoms with Crippen molar-refractivity contribution in [2.75, 3.05) is 24.7 Å². The van der Waals surface area contributed by atoms with Crippen LogP contribution in [0.4, 0.5) is 11.4 Å². The highest BCUT2D eigenvalue weighted by atomic mass is 32.2. The minimum absolute atomic E-state index is 0.0441. The Hall–Kier alpha value is -3.97. The van der Waals surface area contributed by atoms with E-state index in [9.17, 15) is 18.5 Å². The van der Waals surface area contributed by atoms with Crippen molar-refractivity contribution in [3.05, 3.63) is 66.0 Å². The van der Waals surface area contributed by atoms with Crippen LogP contribution >= 0.6 is 0 Å². The second kappa shape index (κ2) is 8.18. The van der Waals surface area contributed by atoms with Gasteiger partial charge in [-0.25, -0.2) is 13.2 Å². The van der Waals surface area contributed by atoms with E-state index < -0.39 is 16.0 Å². The van der Waals surface area contributed by atoms with Crippen molar-refractivity contribution in [1.82, 2.24) is 4.57 Å². The molecule has 154 valence electrons. The summed E-state index contributed by atoms with van der Waals surface area (Å²) in [6, 6.07) is 14.2. The topological polar surface area (TPSA) is 136 Å². The summed E-state index contributed by atoms with van der Waals surface area (Å²) in [7, 11) is -1.23. The number of rotatable bonds is 6. The molecular formula is C20H18N4O5S. The lowest BCUT2D eigenvalue weighted by molar-refractivity contribution is 0.0593. The molecule has 30 heavy (non-hydrogen) atoms. The minimum Gasteiger partial charge on any atom is -0.497 e. The van der Waals surface area contributed by atoms with Crippen LogP contribution in [0.1, 0.15) is 16.1 Å². The first-order valence-electron chi connectivity index (χ1n) is 8.57. The van der Waals surface area contributed by atoms with Gasteiger partial charge in [-0.2, -0.15) is 5.26 Å². The number of methoxy groups -OCH3 is 2. The molecule has 0 saturated heterocycles. The molecule has 0 amide bonds. The van der Waals surface area contributed by atoms with Crippen LogP contribution < -0.4 is 15.2 Å². The van der Waals surface area contributed by atoms with Crippen LogP contribution in [0.5, 0.6) is 5.75 Å². The van der Waals surface area contributed by atoms with E-state index in [2.05, 4.69) is 4.72 Å². The van der Waals surface area contributed by atoms with Gasteiger partial charge < -0.3 is 19.8 Å². The van der Waals surface area contributed by atoms with E-state index in [0.717, 1.165) is 0 Å². The molecular weight excluding hydrogens is 408 g/mol. The molecule has 0 spiro atoms. The molecule has 10 heteroatoms. The number of hydrogen-bond donors (Lipinski definition) is 2. The summed E-state index contributed by atoms with van der Waals surface area (Å²) in [4.78, 5) is 12.1. The van der Waals surface area contributed by atoms with Crippen molar-refractivity contribution >= 4 is 27.4 Å². The van der Waals surface area contributed by atoms with Crippen molar-refractivity contribution in [1.29, 1.82) is 5.26 Å². The fourth-order valence-electron chi connectivity index (χ4n) is 2.79. The predicted octanol–water partition coefficient (Wildman–Crippen LogP) is 2.53. The number of aromatic nitrogens is 1. The van der Waals surface area contributed by atoms with E-state index in [1.165, 1.54) is 43.2 Å². The Labute approximate surface area is 173 Å². The van der Waals surface area contributed by atoms with Gasteiger partial charge in [0, 0.05) is 17.6 Å². The molecule has 0 saturated carbocycles. The number of nitrogens with one attached hydrogen (secondary N) is 1. The average molecular weight is 426 g/mol. The lowest BCUT2D eigenvalue weighted by Gasteiger charge is -2.12. The van der Waals surface area contributed by atoms with E-state index in [0.29, 0.717) is 17.1 Å². The molecule has 3 rings (SSSR count). The first-order chi connectivity index (χ1) is 14.3. The zero-order valence-electron chi connectivity index (χ0n) is 16.1. The number of hydrogen-bond acceptors (Lipinski definition) is 7. The maximum Gasteiger partial charge on any atom is 0.357 e. The maximum atomic E-state index is 12.8. The molecule has 3 N–H and O–H groups in total. The van der Waals surface area contributed by atoms with Gasteiger partial charge in [-0.05, 0) is 42.5 Å². The lowest BCUT2D eigenvalue weighted by Crippen LogP contribution is -2.14. The SMILES string of the molecule is COC(=O)c1c(N)c(C#N)cn1-c1cccc(S(=O)(=O)Nc2ccc(OC)cc2)c1. The summed E-state index contributed by atoms with van der Waals surface area (Å²) in [5, 5.41) is 9.23. The Morgan fingerprint density at radius 2 is 1.87 bits per heavy atom. The number of nitrogens with two attached hydrogens (primary N) is 1. The average Bonchev–Trinajstić information content (AvgIpc) is 3.10. The molecule has 0 aliphatic rings. The van der Waals surface area contributed by atoms with Gasteiger partial charge in [-0.1, -0.05) is 6.07 Å². The third-order valence-electron chi connectivity index (χ3n) is 4.29. The quantitative estimate of drug-likeness (QED) is 0.578. The van der Waals surface area contributed by atoms with Crippen LogP contribution in [0.25, 0.3) is 5.69 Å². The number of nitriles is 1. The Bertz CT molecular complexity index is 1240. The molecule has 1 heterocycles. The highest BCUT2D eigenvalue weighted by molar-refractivity contribution is 7.92. The molecule has 0 unspecified atom stereocenters. The Morgan fingerprint density at radius 3 is 2.47 bits per heavy atom. The number of nitrogen functional groups attached to an aromatic ring is 1. The van der Waals surface area contributed by atoms with Gasteiger partial charge >= 0.3 is 5.97 Å². The Morgan fingerprint density at radius 1 is 1.17 bits per heavy atom. The third-order valence-corrected chi connectivity index (χ3v) is 5.67. The van der Waals surface area contributed by atoms with Gasteiger partial charge in [0.15, 0.2) is 5.69 Å². The normalized spacial score (nSPS) is 10.8. The second-order valence-electron chi connectivity index (χ2n) is 6.11. The summed E-state index contributed by atoms with van der Waals surface area (Å²) in [5.74, 6) is -0.160. The fraction of sp³-hybridized carbons (Fsp3) is 0.100. The zero-order chi connectivity index (χ0) is 21.9. The highest BCUT2D eigenvalue weighted by Crippen LogP contribution is 2.26. The predicted molar refractivity (Wildman–Crippen MR) is 110 cm³/mol. The molecule has 1 aromatic heterocycles. The summed E-state index contributed by atoms with van der Waals surface area (Å²) in [6.07, 6.45) is 1.35. The summed E-state index contributed by atoms with van der Waals surface area (Å²) >= 11 is 0.